The van der Waals surface area contributed by atoms with E-state index in [0.29, 0.717) is 12.0 Å². The zero-order valence-corrected chi connectivity index (χ0v) is 11.6. The fraction of sp³-hybridized carbons (Fsp3) is 0.167. The minimum atomic E-state index is -0.259. The van der Waals surface area contributed by atoms with Crippen LogP contribution in [0, 0.1) is 0 Å². The number of benzene rings is 2. The zero-order chi connectivity index (χ0) is 14.2. The summed E-state index contributed by atoms with van der Waals surface area (Å²) in [6.45, 7) is 0. The first-order valence-electron chi connectivity index (χ1n) is 6.67. The number of hydrogen-bond donors (Lipinski definition) is 0. The van der Waals surface area contributed by atoms with Gasteiger partial charge in [-0.15, -0.1) is 0 Å². The van der Waals surface area contributed by atoms with Crippen LogP contribution in [0.1, 0.15) is 17.5 Å². The van der Waals surface area contributed by atoms with Gasteiger partial charge in [0, 0.05) is 5.57 Å². The second kappa shape index (κ2) is 7.29. The molecule has 20 heavy (non-hydrogen) atoms. The summed E-state index contributed by atoms with van der Waals surface area (Å²) < 4.78 is 4.87. The molecule has 0 N–H and O–H groups in total. The predicted molar refractivity (Wildman–Crippen MR) is 81.2 cm³/mol. The SMILES string of the molecule is COC(=O)C(=Cc1ccccc1)CCc1ccccc1. The number of carbonyl (C=O) groups is 1. The molecule has 2 rings (SSSR count). The third-order valence-corrected chi connectivity index (χ3v) is 3.11. The number of carbonyl (C=O) groups excluding carboxylic acids is 1. The van der Waals surface area contributed by atoms with E-state index < -0.39 is 0 Å². The van der Waals surface area contributed by atoms with Crippen molar-refractivity contribution in [1.29, 1.82) is 0 Å². The standard InChI is InChI=1S/C18H18O2/c1-20-18(19)17(14-16-10-6-3-7-11-16)13-12-15-8-4-2-5-9-15/h2-11,14H,12-13H2,1H3. The van der Waals surface area contributed by atoms with Gasteiger partial charge in [-0.25, -0.2) is 4.79 Å². The second-order valence-electron chi connectivity index (χ2n) is 4.56. The summed E-state index contributed by atoms with van der Waals surface area (Å²) in [5, 5.41) is 0. The van der Waals surface area contributed by atoms with Crippen molar-refractivity contribution in [3.05, 3.63) is 77.4 Å². The summed E-state index contributed by atoms with van der Waals surface area (Å²) in [6, 6.07) is 20.0. The monoisotopic (exact) mass is 266 g/mol. The Bertz CT molecular complexity index is 571. The minimum absolute atomic E-state index is 0.259. The number of ether oxygens (including phenoxy) is 1. The fourth-order valence-corrected chi connectivity index (χ4v) is 2.04. The van der Waals surface area contributed by atoms with E-state index >= 15 is 0 Å². The van der Waals surface area contributed by atoms with Crippen LogP contribution in [-0.4, -0.2) is 13.1 Å². The second-order valence-corrected chi connectivity index (χ2v) is 4.56. The highest BCUT2D eigenvalue weighted by molar-refractivity contribution is 5.93. The van der Waals surface area contributed by atoms with Crippen LogP contribution in [0.2, 0.25) is 0 Å². The van der Waals surface area contributed by atoms with Crippen molar-refractivity contribution in [3.63, 3.8) is 0 Å². The summed E-state index contributed by atoms with van der Waals surface area (Å²) in [4.78, 5) is 11.8. The number of rotatable bonds is 5. The van der Waals surface area contributed by atoms with Gasteiger partial charge >= 0.3 is 5.97 Å². The molecule has 0 radical (unpaired) electrons. The Hall–Kier alpha value is -2.35. The quantitative estimate of drug-likeness (QED) is 0.606. The topological polar surface area (TPSA) is 26.3 Å². The van der Waals surface area contributed by atoms with Gasteiger partial charge in [0.2, 0.25) is 0 Å². The molecular weight excluding hydrogens is 248 g/mol. The van der Waals surface area contributed by atoms with Gasteiger partial charge in [-0.05, 0) is 30.0 Å². The first-order chi connectivity index (χ1) is 9.79. The van der Waals surface area contributed by atoms with E-state index in [9.17, 15) is 4.79 Å². The highest BCUT2D eigenvalue weighted by Crippen LogP contribution is 2.14. The van der Waals surface area contributed by atoms with Crippen molar-refractivity contribution < 1.29 is 9.53 Å². The Labute approximate surface area is 119 Å². The van der Waals surface area contributed by atoms with E-state index in [1.165, 1.54) is 12.7 Å². The molecule has 0 amide bonds. The molecule has 2 heteroatoms. The molecule has 0 fully saturated rings. The minimum Gasteiger partial charge on any atom is -0.466 e. The summed E-state index contributed by atoms with van der Waals surface area (Å²) in [5.41, 5.74) is 2.93. The Morgan fingerprint density at radius 3 is 2.20 bits per heavy atom. The first-order valence-corrected chi connectivity index (χ1v) is 6.67. The van der Waals surface area contributed by atoms with E-state index in [2.05, 4.69) is 12.1 Å². The molecule has 2 aromatic rings. The highest BCUT2D eigenvalue weighted by atomic mass is 16.5. The number of methoxy groups -OCH3 is 1. The van der Waals surface area contributed by atoms with E-state index in [0.717, 1.165) is 12.0 Å². The maximum Gasteiger partial charge on any atom is 0.333 e. The molecule has 0 unspecified atom stereocenters. The largest absolute Gasteiger partial charge is 0.466 e. The molecule has 0 aromatic heterocycles. The van der Waals surface area contributed by atoms with Crippen molar-refractivity contribution in [1.82, 2.24) is 0 Å². The van der Waals surface area contributed by atoms with E-state index in [4.69, 9.17) is 4.74 Å². The lowest BCUT2D eigenvalue weighted by atomic mass is 10.0. The molecule has 0 atom stereocenters. The molecular formula is C18H18O2. The molecule has 0 aliphatic carbocycles. The molecule has 0 saturated carbocycles. The van der Waals surface area contributed by atoms with Crippen molar-refractivity contribution in [3.8, 4) is 0 Å². The van der Waals surface area contributed by atoms with Crippen LogP contribution in [0.5, 0.6) is 0 Å². The van der Waals surface area contributed by atoms with Crippen LogP contribution >= 0.6 is 0 Å². The van der Waals surface area contributed by atoms with Gasteiger partial charge in [0.25, 0.3) is 0 Å². The van der Waals surface area contributed by atoms with E-state index in [1.54, 1.807) is 0 Å². The van der Waals surface area contributed by atoms with Crippen molar-refractivity contribution in [2.75, 3.05) is 7.11 Å². The number of esters is 1. The zero-order valence-electron chi connectivity index (χ0n) is 11.6. The molecule has 0 aliphatic heterocycles. The van der Waals surface area contributed by atoms with Gasteiger partial charge < -0.3 is 4.74 Å². The highest BCUT2D eigenvalue weighted by Gasteiger charge is 2.09. The van der Waals surface area contributed by atoms with Gasteiger partial charge in [0.05, 0.1) is 7.11 Å². The van der Waals surface area contributed by atoms with E-state index in [1.807, 2.05) is 54.6 Å². The van der Waals surface area contributed by atoms with Gasteiger partial charge in [-0.3, -0.25) is 0 Å². The molecule has 0 aliphatic rings. The smallest absolute Gasteiger partial charge is 0.333 e. The van der Waals surface area contributed by atoms with Gasteiger partial charge in [0.1, 0.15) is 0 Å². The van der Waals surface area contributed by atoms with Crippen LogP contribution in [0.3, 0.4) is 0 Å². The molecule has 0 bridgehead atoms. The van der Waals surface area contributed by atoms with Gasteiger partial charge in [0.15, 0.2) is 0 Å². The maximum absolute atomic E-state index is 11.8. The lowest BCUT2D eigenvalue weighted by Gasteiger charge is -2.06. The average Bonchev–Trinajstić information content (AvgIpc) is 2.52. The molecule has 0 heterocycles. The summed E-state index contributed by atoms with van der Waals surface area (Å²) >= 11 is 0. The van der Waals surface area contributed by atoms with Crippen LogP contribution in [0.15, 0.2) is 66.2 Å². The lowest BCUT2D eigenvalue weighted by Crippen LogP contribution is -2.06. The van der Waals surface area contributed by atoms with Crippen molar-refractivity contribution in [2.24, 2.45) is 0 Å². The Morgan fingerprint density at radius 1 is 1.00 bits per heavy atom. The maximum atomic E-state index is 11.8. The summed E-state index contributed by atoms with van der Waals surface area (Å²) in [7, 11) is 1.42. The Morgan fingerprint density at radius 2 is 1.60 bits per heavy atom. The predicted octanol–water partition coefficient (Wildman–Crippen LogP) is 3.88. The number of hydrogen-bond acceptors (Lipinski definition) is 2. The third kappa shape index (κ3) is 4.09. The fourth-order valence-electron chi connectivity index (χ4n) is 2.04. The Balaban J connectivity index is 2.12. The number of aryl methyl sites for hydroxylation is 1. The van der Waals surface area contributed by atoms with Gasteiger partial charge in [-0.2, -0.15) is 0 Å². The average molecular weight is 266 g/mol. The third-order valence-electron chi connectivity index (χ3n) is 3.11. The van der Waals surface area contributed by atoms with Crippen molar-refractivity contribution in [2.45, 2.75) is 12.8 Å². The molecule has 2 aromatic carbocycles. The summed E-state index contributed by atoms with van der Waals surface area (Å²) in [6.07, 6.45) is 3.40. The molecule has 0 saturated heterocycles. The first kappa shape index (κ1) is 14.1. The van der Waals surface area contributed by atoms with Crippen LogP contribution < -0.4 is 0 Å². The van der Waals surface area contributed by atoms with Crippen molar-refractivity contribution >= 4 is 12.0 Å². The lowest BCUT2D eigenvalue weighted by molar-refractivity contribution is -0.136. The van der Waals surface area contributed by atoms with Crippen LogP contribution in [0.4, 0.5) is 0 Å². The van der Waals surface area contributed by atoms with E-state index in [-0.39, 0.29) is 5.97 Å². The Kier molecular flexibility index (Phi) is 5.13. The van der Waals surface area contributed by atoms with Crippen LogP contribution in [-0.2, 0) is 16.0 Å². The van der Waals surface area contributed by atoms with Gasteiger partial charge in [-0.1, -0.05) is 60.7 Å². The molecule has 102 valence electrons. The molecule has 0 spiro atoms. The normalized spacial score (nSPS) is 11.2. The molecule has 2 nitrogen and oxygen atoms in total. The summed E-state index contributed by atoms with van der Waals surface area (Å²) in [5.74, 6) is -0.259. The van der Waals surface area contributed by atoms with Crippen LogP contribution in [0.25, 0.3) is 6.08 Å².